The maximum absolute atomic E-state index is 13.1. The lowest BCUT2D eigenvalue weighted by atomic mass is 9.97. The molecule has 3 heteroatoms. The highest BCUT2D eigenvalue weighted by Crippen LogP contribution is 2.20. The Bertz CT molecular complexity index is 429. The predicted octanol–water partition coefficient (Wildman–Crippen LogP) is 4.57. The van der Waals surface area contributed by atoms with E-state index < -0.39 is 0 Å². The van der Waals surface area contributed by atoms with Gasteiger partial charge in [-0.15, -0.1) is 0 Å². The van der Waals surface area contributed by atoms with Crippen LogP contribution in [-0.4, -0.2) is 6.54 Å². The van der Waals surface area contributed by atoms with Crippen molar-refractivity contribution >= 4 is 15.9 Å². The molecule has 0 spiro atoms. The summed E-state index contributed by atoms with van der Waals surface area (Å²) in [5.74, 6) is -0.176. The standard InChI is InChI=1S/C15H19BrFN/c16-15-7-6-14(17)10-13(15)11-18-9-8-12-4-2-1-3-5-12/h4,6-7,10,18H,1-3,5,8-9,11H2. The molecule has 0 fully saturated rings. The Balaban J connectivity index is 1.74. The summed E-state index contributed by atoms with van der Waals surface area (Å²) in [4.78, 5) is 0. The van der Waals surface area contributed by atoms with E-state index in [9.17, 15) is 4.39 Å². The van der Waals surface area contributed by atoms with Gasteiger partial charge in [0.1, 0.15) is 5.82 Å². The largest absolute Gasteiger partial charge is 0.312 e. The average Bonchev–Trinajstić information content (AvgIpc) is 2.40. The molecule has 2 rings (SSSR count). The monoisotopic (exact) mass is 311 g/mol. The van der Waals surface area contributed by atoms with E-state index in [0.717, 1.165) is 23.0 Å². The third-order valence-corrected chi connectivity index (χ3v) is 4.10. The van der Waals surface area contributed by atoms with E-state index in [4.69, 9.17) is 0 Å². The highest BCUT2D eigenvalue weighted by molar-refractivity contribution is 9.10. The lowest BCUT2D eigenvalue weighted by Crippen LogP contribution is -2.16. The SMILES string of the molecule is Fc1ccc(Br)c(CNCCC2=CCCCC2)c1. The summed E-state index contributed by atoms with van der Waals surface area (Å²) >= 11 is 3.44. The molecule has 0 aromatic heterocycles. The molecule has 0 amide bonds. The molecular weight excluding hydrogens is 293 g/mol. The van der Waals surface area contributed by atoms with Gasteiger partial charge in [-0.3, -0.25) is 0 Å². The van der Waals surface area contributed by atoms with Crippen molar-refractivity contribution in [1.29, 1.82) is 0 Å². The first-order valence-corrected chi connectivity index (χ1v) is 7.37. The maximum Gasteiger partial charge on any atom is 0.123 e. The van der Waals surface area contributed by atoms with Crippen molar-refractivity contribution < 1.29 is 4.39 Å². The highest BCUT2D eigenvalue weighted by Gasteiger charge is 2.04. The van der Waals surface area contributed by atoms with Crippen LogP contribution in [0.4, 0.5) is 4.39 Å². The van der Waals surface area contributed by atoms with Crippen LogP contribution >= 0.6 is 15.9 Å². The Morgan fingerprint density at radius 3 is 2.94 bits per heavy atom. The van der Waals surface area contributed by atoms with Gasteiger partial charge in [-0.2, -0.15) is 0 Å². The Morgan fingerprint density at radius 2 is 2.17 bits per heavy atom. The number of allylic oxidation sites excluding steroid dienone is 1. The minimum absolute atomic E-state index is 0.176. The predicted molar refractivity (Wildman–Crippen MR) is 77.0 cm³/mol. The molecule has 0 radical (unpaired) electrons. The van der Waals surface area contributed by atoms with E-state index in [0.29, 0.717) is 6.54 Å². The van der Waals surface area contributed by atoms with Crippen molar-refractivity contribution in [2.75, 3.05) is 6.54 Å². The highest BCUT2D eigenvalue weighted by atomic mass is 79.9. The normalized spacial score (nSPS) is 15.6. The molecule has 98 valence electrons. The first-order valence-electron chi connectivity index (χ1n) is 6.58. The van der Waals surface area contributed by atoms with Crippen LogP contribution in [0.15, 0.2) is 34.3 Å². The number of hydrogen-bond acceptors (Lipinski definition) is 1. The van der Waals surface area contributed by atoms with Crippen LogP contribution in [0.25, 0.3) is 0 Å². The Hall–Kier alpha value is -0.670. The molecule has 0 bridgehead atoms. The number of halogens is 2. The van der Waals surface area contributed by atoms with E-state index >= 15 is 0 Å². The summed E-state index contributed by atoms with van der Waals surface area (Å²) < 4.78 is 14.1. The van der Waals surface area contributed by atoms with E-state index in [1.165, 1.54) is 31.7 Å². The van der Waals surface area contributed by atoms with Gasteiger partial charge in [0.25, 0.3) is 0 Å². The van der Waals surface area contributed by atoms with Gasteiger partial charge in [-0.25, -0.2) is 4.39 Å². The van der Waals surface area contributed by atoms with Gasteiger partial charge in [0.2, 0.25) is 0 Å². The zero-order valence-electron chi connectivity index (χ0n) is 10.5. The van der Waals surface area contributed by atoms with E-state index in [1.54, 1.807) is 17.7 Å². The fourth-order valence-corrected chi connectivity index (χ4v) is 2.67. The molecule has 0 atom stereocenters. The smallest absolute Gasteiger partial charge is 0.123 e. The minimum atomic E-state index is -0.176. The van der Waals surface area contributed by atoms with E-state index in [1.807, 2.05) is 0 Å². The molecule has 1 nitrogen and oxygen atoms in total. The van der Waals surface area contributed by atoms with Crippen molar-refractivity contribution in [3.05, 3.63) is 45.7 Å². The summed E-state index contributed by atoms with van der Waals surface area (Å²) in [5.41, 5.74) is 2.56. The number of hydrogen-bond donors (Lipinski definition) is 1. The summed E-state index contributed by atoms with van der Waals surface area (Å²) in [6, 6.07) is 4.81. The van der Waals surface area contributed by atoms with E-state index in [2.05, 4.69) is 27.3 Å². The summed E-state index contributed by atoms with van der Waals surface area (Å²) in [6.07, 6.45) is 8.67. The molecular formula is C15H19BrFN. The fraction of sp³-hybridized carbons (Fsp3) is 0.467. The Labute approximate surface area is 117 Å². The van der Waals surface area contributed by atoms with Crippen LogP contribution in [0.5, 0.6) is 0 Å². The quantitative estimate of drug-likeness (QED) is 0.620. The topological polar surface area (TPSA) is 12.0 Å². The molecule has 0 heterocycles. The summed E-state index contributed by atoms with van der Waals surface area (Å²) in [7, 11) is 0. The zero-order valence-corrected chi connectivity index (χ0v) is 12.1. The van der Waals surface area contributed by atoms with Crippen LogP contribution < -0.4 is 5.32 Å². The second-order valence-electron chi connectivity index (χ2n) is 4.77. The van der Waals surface area contributed by atoms with Gasteiger partial charge in [0.15, 0.2) is 0 Å². The fourth-order valence-electron chi connectivity index (χ4n) is 2.28. The van der Waals surface area contributed by atoms with Crippen molar-refractivity contribution in [2.45, 2.75) is 38.6 Å². The molecule has 1 aliphatic carbocycles. The molecule has 1 aromatic carbocycles. The average molecular weight is 312 g/mol. The lowest BCUT2D eigenvalue weighted by molar-refractivity contribution is 0.613. The van der Waals surface area contributed by atoms with Crippen LogP contribution in [0.1, 0.15) is 37.7 Å². The third-order valence-electron chi connectivity index (χ3n) is 3.33. The zero-order chi connectivity index (χ0) is 12.8. The van der Waals surface area contributed by atoms with Crippen LogP contribution in [0, 0.1) is 5.82 Å². The van der Waals surface area contributed by atoms with Crippen molar-refractivity contribution in [1.82, 2.24) is 5.32 Å². The molecule has 0 saturated heterocycles. The van der Waals surface area contributed by atoms with Crippen LogP contribution in [0.2, 0.25) is 0 Å². The molecule has 1 N–H and O–H groups in total. The van der Waals surface area contributed by atoms with Gasteiger partial charge in [0, 0.05) is 11.0 Å². The molecule has 0 aliphatic heterocycles. The molecule has 1 aliphatic rings. The van der Waals surface area contributed by atoms with Gasteiger partial charge < -0.3 is 5.32 Å². The third kappa shape index (κ3) is 4.21. The van der Waals surface area contributed by atoms with Crippen molar-refractivity contribution in [3.8, 4) is 0 Å². The van der Waals surface area contributed by atoms with Gasteiger partial charge >= 0.3 is 0 Å². The second-order valence-corrected chi connectivity index (χ2v) is 5.62. The lowest BCUT2D eigenvalue weighted by Gasteiger charge is -2.13. The van der Waals surface area contributed by atoms with Gasteiger partial charge in [-0.05, 0) is 62.4 Å². The van der Waals surface area contributed by atoms with Crippen LogP contribution in [-0.2, 0) is 6.54 Å². The summed E-state index contributed by atoms with van der Waals surface area (Å²) in [6.45, 7) is 1.68. The van der Waals surface area contributed by atoms with E-state index in [-0.39, 0.29) is 5.82 Å². The van der Waals surface area contributed by atoms with Gasteiger partial charge in [-0.1, -0.05) is 27.6 Å². The molecule has 0 saturated carbocycles. The van der Waals surface area contributed by atoms with Crippen molar-refractivity contribution in [2.24, 2.45) is 0 Å². The van der Waals surface area contributed by atoms with Crippen molar-refractivity contribution in [3.63, 3.8) is 0 Å². The molecule has 18 heavy (non-hydrogen) atoms. The number of rotatable bonds is 5. The summed E-state index contributed by atoms with van der Waals surface area (Å²) in [5, 5.41) is 3.38. The Morgan fingerprint density at radius 1 is 1.28 bits per heavy atom. The van der Waals surface area contributed by atoms with Gasteiger partial charge in [0.05, 0.1) is 0 Å². The first kappa shape index (κ1) is 13.8. The second kappa shape index (κ2) is 7.05. The minimum Gasteiger partial charge on any atom is -0.312 e. The van der Waals surface area contributed by atoms with Crippen LogP contribution in [0.3, 0.4) is 0 Å². The Kier molecular flexibility index (Phi) is 5.39. The number of benzene rings is 1. The molecule has 0 unspecified atom stereocenters. The molecule has 1 aromatic rings. The maximum atomic E-state index is 13.1. The first-order chi connectivity index (χ1) is 8.75. The number of nitrogens with one attached hydrogen (secondary N) is 1.